The van der Waals surface area contributed by atoms with Crippen LogP contribution in [0, 0.1) is 5.92 Å². The van der Waals surface area contributed by atoms with Gasteiger partial charge in [0, 0.05) is 12.5 Å². The fourth-order valence-electron chi connectivity index (χ4n) is 2.16. The summed E-state index contributed by atoms with van der Waals surface area (Å²) in [5.41, 5.74) is 1.26. The van der Waals surface area contributed by atoms with E-state index >= 15 is 0 Å². The first-order valence-corrected chi connectivity index (χ1v) is 7.29. The Hall–Kier alpha value is -1.22. The number of rotatable bonds is 5. The number of nitrogens with one attached hydrogen (secondary N) is 1. The molecule has 0 saturated carbocycles. The Morgan fingerprint density at radius 3 is 2.58 bits per heavy atom. The average molecular weight is 263 g/mol. The van der Waals surface area contributed by atoms with Crippen LogP contribution < -0.4 is 14.8 Å². The summed E-state index contributed by atoms with van der Waals surface area (Å²) in [7, 11) is 0. The van der Waals surface area contributed by atoms with Gasteiger partial charge in [-0.2, -0.15) is 0 Å². The smallest absolute Gasteiger partial charge is 0.161 e. The van der Waals surface area contributed by atoms with Crippen LogP contribution in [0.1, 0.15) is 45.2 Å². The van der Waals surface area contributed by atoms with Gasteiger partial charge in [0.05, 0.1) is 13.2 Å². The van der Waals surface area contributed by atoms with Gasteiger partial charge < -0.3 is 14.8 Å². The SMILES string of the molecule is CC(C)CCNC(C)c1ccc2c(c1)OCCCO2. The van der Waals surface area contributed by atoms with Gasteiger partial charge in [-0.25, -0.2) is 0 Å². The number of hydrogen-bond acceptors (Lipinski definition) is 3. The molecule has 0 radical (unpaired) electrons. The quantitative estimate of drug-likeness (QED) is 0.881. The molecule has 0 aromatic heterocycles. The van der Waals surface area contributed by atoms with Crippen LogP contribution in [-0.2, 0) is 0 Å². The van der Waals surface area contributed by atoms with Gasteiger partial charge in [-0.3, -0.25) is 0 Å². The molecule has 3 nitrogen and oxygen atoms in total. The van der Waals surface area contributed by atoms with E-state index in [9.17, 15) is 0 Å². The molecular formula is C16H25NO2. The van der Waals surface area contributed by atoms with Crippen LogP contribution >= 0.6 is 0 Å². The van der Waals surface area contributed by atoms with Gasteiger partial charge in [0.15, 0.2) is 11.5 Å². The van der Waals surface area contributed by atoms with E-state index in [4.69, 9.17) is 9.47 Å². The molecule has 106 valence electrons. The second kappa shape index (κ2) is 6.80. The minimum atomic E-state index is 0.343. The Balaban J connectivity index is 1.98. The maximum atomic E-state index is 5.73. The van der Waals surface area contributed by atoms with Gasteiger partial charge in [-0.15, -0.1) is 0 Å². The lowest BCUT2D eigenvalue weighted by Gasteiger charge is -2.17. The third-order valence-corrected chi connectivity index (χ3v) is 3.44. The molecule has 0 fully saturated rings. The third kappa shape index (κ3) is 4.13. The number of ether oxygens (including phenoxy) is 2. The fraction of sp³-hybridized carbons (Fsp3) is 0.625. The van der Waals surface area contributed by atoms with E-state index in [0.29, 0.717) is 6.04 Å². The van der Waals surface area contributed by atoms with Crippen LogP contribution in [0.3, 0.4) is 0 Å². The number of benzene rings is 1. The lowest BCUT2D eigenvalue weighted by molar-refractivity contribution is 0.297. The van der Waals surface area contributed by atoms with E-state index in [0.717, 1.165) is 43.6 Å². The molecule has 0 aliphatic carbocycles. The summed E-state index contributed by atoms with van der Waals surface area (Å²) in [6, 6.07) is 6.60. The Morgan fingerprint density at radius 2 is 1.84 bits per heavy atom. The van der Waals surface area contributed by atoms with Crippen molar-refractivity contribution in [1.82, 2.24) is 5.32 Å². The first-order valence-electron chi connectivity index (χ1n) is 7.29. The molecule has 2 rings (SSSR count). The van der Waals surface area contributed by atoms with Crippen molar-refractivity contribution in [3.05, 3.63) is 23.8 Å². The molecule has 1 aliphatic heterocycles. The maximum absolute atomic E-state index is 5.73. The van der Waals surface area contributed by atoms with Gasteiger partial charge >= 0.3 is 0 Å². The molecule has 0 amide bonds. The number of hydrogen-bond donors (Lipinski definition) is 1. The van der Waals surface area contributed by atoms with E-state index in [1.165, 1.54) is 12.0 Å². The molecule has 1 atom stereocenters. The van der Waals surface area contributed by atoms with Crippen LogP contribution in [0.25, 0.3) is 0 Å². The molecule has 1 aliphatic rings. The normalized spacial score (nSPS) is 16.2. The highest BCUT2D eigenvalue weighted by Gasteiger charge is 2.13. The van der Waals surface area contributed by atoms with Crippen molar-refractivity contribution in [1.29, 1.82) is 0 Å². The summed E-state index contributed by atoms with van der Waals surface area (Å²) in [6.07, 6.45) is 2.15. The Morgan fingerprint density at radius 1 is 1.11 bits per heavy atom. The largest absolute Gasteiger partial charge is 0.490 e. The Bertz CT molecular complexity index is 404. The Labute approximate surface area is 116 Å². The summed E-state index contributed by atoms with van der Waals surface area (Å²) in [5, 5.41) is 3.56. The monoisotopic (exact) mass is 263 g/mol. The standard InChI is InChI=1S/C16H25NO2/c1-12(2)7-8-17-13(3)14-5-6-15-16(11-14)19-10-4-9-18-15/h5-6,11-13,17H,4,7-10H2,1-3H3. The molecule has 1 unspecified atom stereocenters. The predicted molar refractivity (Wildman–Crippen MR) is 77.9 cm³/mol. The predicted octanol–water partition coefficient (Wildman–Crippen LogP) is 3.54. The van der Waals surface area contributed by atoms with Crippen molar-refractivity contribution in [2.75, 3.05) is 19.8 Å². The highest BCUT2D eigenvalue weighted by molar-refractivity contribution is 5.44. The van der Waals surface area contributed by atoms with Gasteiger partial charge in [0.1, 0.15) is 0 Å². The Kier molecular flexibility index (Phi) is 5.08. The van der Waals surface area contributed by atoms with Crippen molar-refractivity contribution >= 4 is 0 Å². The minimum absolute atomic E-state index is 0.343. The van der Waals surface area contributed by atoms with E-state index in [1.807, 2.05) is 6.07 Å². The summed E-state index contributed by atoms with van der Waals surface area (Å²) < 4.78 is 11.4. The fourth-order valence-corrected chi connectivity index (χ4v) is 2.16. The lowest BCUT2D eigenvalue weighted by Crippen LogP contribution is -2.21. The van der Waals surface area contributed by atoms with Gasteiger partial charge in [0.2, 0.25) is 0 Å². The summed E-state index contributed by atoms with van der Waals surface area (Å²) in [6.45, 7) is 9.23. The molecule has 1 aromatic carbocycles. The van der Waals surface area contributed by atoms with E-state index in [2.05, 4.69) is 38.2 Å². The second-order valence-electron chi connectivity index (χ2n) is 5.61. The topological polar surface area (TPSA) is 30.5 Å². The molecule has 1 aromatic rings. The highest BCUT2D eigenvalue weighted by Crippen LogP contribution is 2.32. The molecule has 0 bridgehead atoms. The summed E-state index contributed by atoms with van der Waals surface area (Å²) >= 11 is 0. The van der Waals surface area contributed by atoms with Crippen molar-refractivity contribution < 1.29 is 9.47 Å². The molecule has 0 spiro atoms. The highest BCUT2D eigenvalue weighted by atomic mass is 16.5. The number of fused-ring (bicyclic) bond motifs is 1. The minimum Gasteiger partial charge on any atom is -0.490 e. The molecule has 0 saturated heterocycles. The molecule has 1 N–H and O–H groups in total. The van der Waals surface area contributed by atoms with Crippen LogP contribution in [0.4, 0.5) is 0 Å². The molecule has 3 heteroatoms. The van der Waals surface area contributed by atoms with Crippen LogP contribution in [0.2, 0.25) is 0 Å². The van der Waals surface area contributed by atoms with Gasteiger partial charge in [0.25, 0.3) is 0 Å². The molecule has 19 heavy (non-hydrogen) atoms. The maximum Gasteiger partial charge on any atom is 0.161 e. The molecule has 1 heterocycles. The van der Waals surface area contributed by atoms with Gasteiger partial charge in [-0.1, -0.05) is 19.9 Å². The second-order valence-corrected chi connectivity index (χ2v) is 5.61. The summed E-state index contributed by atoms with van der Waals surface area (Å²) in [5.74, 6) is 2.49. The zero-order chi connectivity index (χ0) is 13.7. The van der Waals surface area contributed by atoms with Crippen LogP contribution in [-0.4, -0.2) is 19.8 Å². The van der Waals surface area contributed by atoms with Crippen molar-refractivity contribution in [3.8, 4) is 11.5 Å². The van der Waals surface area contributed by atoms with E-state index < -0.39 is 0 Å². The van der Waals surface area contributed by atoms with Crippen molar-refractivity contribution in [3.63, 3.8) is 0 Å². The van der Waals surface area contributed by atoms with E-state index in [-0.39, 0.29) is 0 Å². The average Bonchev–Trinajstić information content (AvgIpc) is 2.62. The zero-order valence-corrected chi connectivity index (χ0v) is 12.2. The first kappa shape index (κ1) is 14.2. The summed E-state index contributed by atoms with van der Waals surface area (Å²) in [4.78, 5) is 0. The third-order valence-electron chi connectivity index (χ3n) is 3.44. The van der Waals surface area contributed by atoms with Crippen LogP contribution in [0.15, 0.2) is 18.2 Å². The van der Waals surface area contributed by atoms with Crippen LogP contribution in [0.5, 0.6) is 11.5 Å². The zero-order valence-electron chi connectivity index (χ0n) is 12.2. The lowest BCUT2D eigenvalue weighted by atomic mass is 10.1. The molecular weight excluding hydrogens is 238 g/mol. The van der Waals surface area contributed by atoms with Crippen molar-refractivity contribution in [2.24, 2.45) is 5.92 Å². The van der Waals surface area contributed by atoms with Crippen molar-refractivity contribution in [2.45, 2.75) is 39.7 Å². The van der Waals surface area contributed by atoms with E-state index in [1.54, 1.807) is 0 Å². The first-order chi connectivity index (χ1) is 9.16. The van der Waals surface area contributed by atoms with Gasteiger partial charge in [-0.05, 0) is 43.5 Å².